The lowest BCUT2D eigenvalue weighted by atomic mass is 10.2. The third-order valence-corrected chi connectivity index (χ3v) is 6.50. The number of benzene rings is 3. The highest BCUT2D eigenvalue weighted by atomic mass is 32.2. The zero-order chi connectivity index (χ0) is 24.7. The van der Waals surface area contributed by atoms with Crippen molar-refractivity contribution in [1.82, 2.24) is 5.32 Å². The average molecular weight is 499 g/mol. The fraction of sp³-hybridized carbons (Fsp3) is 0.240. The van der Waals surface area contributed by atoms with E-state index in [2.05, 4.69) is 10.0 Å². The first-order valence-electron chi connectivity index (χ1n) is 11.0. The number of amides is 1. The van der Waals surface area contributed by atoms with Gasteiger partial charge in [0.05, 0.1) is 31.8 Å². The first-order chi connectivity index (χ1) is 16.9. The summed E-state index contributed by atoms with van der Waals surface area (Å²) in [5.74, 6) is 1.93. The topological polar surface area (TPSA) is 112 Å². The van der Waals surface area contributed by atoms with E-state index in [-0.39, 0.29) is 29.6 Å². The van der Waals surface area contributed by atoms with Crippen molar-refractivity contribution < 1.29 is 32.2 Å². The van der Waals surface area contributed by atoms with Crippen molar-refractivity contribution in [3.05, 3.63) is 72.3 Å². The molecule has 0 radical (unpaired) electrons. The fourth-order valence-corrected chi connectivity index (χ4v) is 4.42. The Balaban J connectivity index is 1.34. The molecule has 10 heteroatoms. The highest BCUT2D eigenvalue weighted by Crippen LogP contribution is 2.32. The normalized spacial score (nSPS) is 12.8. The minimum Gasteiger partial charge on any atom is -0.497 e. The van der Waals surface area contributed by atoms with E-state index in [9.17, 15) is 13.2 Å². The Labute approximate surface area is 204 Å². The Morgan fingerprint density at radius 1 is 0.943 bits per heavy atom. The summed E-state index contributed by atoms with van der Waals surface area (Å²) < 4.78 is 50.2. The van der Waals surface area contributed by atoms with Gasteiger partial charge in [-0.3, -0.25) is 9.52 Å². The van der Waals surface area contributed by atoms with Gasteiger partial charge in [-0.05, 0) is 54.6 Å². The highest BCUT2D eigenvalue weighted by molar-refractivity contribution is 7.92. The Morgan fingerprint density at radius 2 is 1.69 bits per heavy atom. The summed E-state index contributed by atoms with van der Waals surface area (Å²) in [7, 11) is -2.32. The number of sulfonamides is 1. The molecule has 184 valence electrons. The van der Waals surface area contributed by atoms with Gasteiger partial charge < -0.3 is 24.3 Å². The maximum Gasteiger partial charge on any atom is 0.262 e. The van der Waals surface area contributed by atoms with Crippen LogP contribution >= 0.6 is 0 Å². The quantitative estimate of drug-likeness (QED) is 0.435. The molecule has 0 aromatic heterocycles. The van der Waals surface area contributed by atoms with Crippen LogP contribution in [0.1, 0.15) is 16.8 Å². The molecule has 1 aliphatic rings. The number of fused-ring (bicyclic) bond motifs is 1. The second-order valence-electron chi connectivity index (χ2n) is 7.63. The van der Waals surface area contributed by atoms with Crippen LogP contribution in [0.25, 0.3) is 0 Å². The van der Waals surface area contributed by atoms with Gasteiger partial charge in [0.1, 0.15) is 18.1 Å². The fourth-order valence-electron chi connectivity index (χ4n) is 3.36. The van der Waals surface area contributed by atoms with Gasteiger partial charge >= 0.3 is 0 Å². The van der Waals surface area contributed by atoms with E-state index in [1.165, 1.54) is 18.2 Å². The van der Waals surface area contributed by atoms with Gasteiger partial charge in [-0.1, -0.05) is 6.07 Å². The molecular formula is C25H26N2O7S. The molecule has 0 aliphatic carbocycles. The lowest BCUT2D eigenvalue weighted by molar-refractivity contribution is 0.0947. The van der Waals surface area contributed by atoms with E-state index < -0.39 is 10.0 Å². The van der Waals surface area contributed by atoms with Gasteiger partial charge in [0.25, 0.3) is 15.9 Å². The van der Waals surface area contributed by atoms with Crippen molar-refractivity contribution in [3.63, 3.8) is 0 Å². The minimum atomic E-state index is -3.90. The van der Waals surface area contributed by atoms with Gasteiger partial charge in [-0.2, -0.15) is 0 Å². The first kappa shape index (κ1) is 24.2. The molecule has 2 N–H and O–H groups in total. The van der Waals surface area contributed by atoms with Gasteiger partial charge in [0.2, 0.25) is 0 Å². The maximum atomic E-state index is 12.9. The molecule has 0 saturated carbocycles. The SMILES string of the molecule is COc1ccc(OCCNC(=O)c2cccc(NS(=O)(=O)c3ccc4c(c3)OCCCO4)c2)cc1. The largest absolute Gasteiger partial charge is 0.497 e. The predicted molar refractivity (Wildman–Crippen MR) is 130 cm³/mol. The van der Waals surface area contributed by atoms with Gasteiger partial charge in [-0.15, -0.1) is 0 Å². The number of carbonyl (C=O) groups is 1. The van der Waals surface area contributed by atoms with Crippen LogP contribution in [0, 0.1) is 0 Å². The van der Waals surface area contributed by atoms with Crippen LogP contribution in [0.15, 0.2) is 71.6 Å². The van der Waals surface area contributed by atoms with E-state index >= 15 is 0 Å². The van der Waals surface area contributed by atoms with Crippen molar-refractivity contribution in [2.45, 2.75) is 11.3 Å². The Morgan fingerprint density at radius 3 is 2.46 bits per heavy atom. The van der Waals surface area contributed by atoms with Crippen molar-refractivity contribution in [3.8, 4) is 23.0 Å². The molecule has 3 aromatic carbocycles. The average Bonchev–Trinajstić information content (AvgIpc) is 3.12. The number of ether oxygens (including phenoxy) is 4. The summed E-state index contributed by atoms with van der Waals surface area (Å²) in [5.41, 5.74) is 0.576. The van der Waals surface area contributed by atoms with Gasteiger partial charge in [0, 0.05) is 23.7 Å². The Hall–Kier alpha value is -3.92. The van der Waals surface area contributed by atoms with Crippen molar-refractivity contribution in [2.75, 3.05) is 38.2 Å². The first-order valence-corrected chi connectivity index (χ1v) is 12.5. The standard InChI is InChI=1S/C25H26N2O7S/c1-31-20-6-8-21(9-7-20)32-15-12-26-25(28)18-4-2-5-19(16-18)27-35(29,30)22-10-11-23-24(17-22)34-14-3-13-33-23/h2,4-11,16-17,27H,3,12-15H2,1H3,(H,26,28). The van der Waals surface area contributed by atoms with E-state index in [1.807, 2.05) is 0 Å². The van der Waals surface area contributed by atoms with E-state index in [0.29, 0.717) is 36.0 Å². The lowest BCUT2D eigenvalue weighted by Gasteiger charge is -2.12. The second kappa shape index (κ2) is 11.0. The maximum absolute atomic E-state index is 12.9. The van der Waals surface area contributed by atoms with E-state index in [4.69, 9.17) is 18.9 Å². The molecule has 0 fully saturated rings. The molecule has 0 unspecified atom stereocenters. The third kappa shape index (κ3) is 6.36. The zero-order valence-corrected chi connectivity index (χ0v) is 20.0. The molecule has 0 spiro atoms. The summed E-state index contributed by atoms with van der Waals surface area (Å²) in [4.78, 5) is 12.6. The summed E-state index contributed by atoms with van der Waals surface area (Å²) >= 11 is 0. The summed E-state index contributed by atoms with van der Waals surface area (Å²) in [5, 5.41) is 2.76. The molecule has 1 amide bonds. The molecule has 9 nitrogen and oxygen atoms in total. The number of nitrogens with one attached hydrogen (secondary N) is 2. The van der Waals surface area contributed by atoms with Crippen LogP contribution in [-0.4, -0.2) is 47.8 Å². The van der Waals surface area contributed by atoms with Crippen molar-refractivity contribution in [2.24, 2.45) is 0 Å². The van der Waals surface area contributed by atoms with Crippen LogP contribution in [0.2, 0.25) is 0 Å². The van der Waals surface area contributed by atoms with Crippen LogP contribution in [0.3, 0.4) is 0 Å². The molecule has 35 heavy (non-hydrogen) atoms. The summed E-state index contributed by atoms with van der Waals surface area (Å²) in [6.45, 7) is 1.51. The highest BCUT2D eigenvalue weighted by Gasteiger charge is 2.19. The molecule has 0 atom stereocenters. The monoisotopic (exact) mass is 498 g/mol. The summed E-state index contributed by atoms with van der Waals surface area (Å²) in [6.07, 6.45) is 0.720. The number of methoxy groups -OCH3 is 1. The summed E-state index contributed by atoms with van der Waals surface area (Å²) in [6, 6.07) is 17.8. The molecule has 1 aliphatic heterocycles. The van der Waals surface area contributed by atoms with E-state index in [1.54, 1.807) is 55.6 Å². The Bertz CT molecular complexity index is 1280. The van der Waals surface area contributed by atoms with Gasteiger partial charge in [-0.25, -0.2) is 8.42 Å². The van der Waals surface area contributed by atoms with Crippen LogP contribution in [0.5, 0.6) is 23.0 Å². The predicted octanol–water partition coefficient (Wildman–Crippen LogP) is 3.47. The van der Waals surface area contributed by atoms with E-state index in [0.717, 1.165) is 12.2 Å². The smallest absolute Gasteiger partial charge is 0.262 e. The van der Waals surface area contributed by atoms with Gasteiger partial charge in [0.15, 0.2) is 11.5 Å². The number of hydrogen-bond acceptors (Lipinski definition) is 7. The number of carbonyl (C=O) groups excluding carboxylic acids is 1. The Kier molecular flexibility index (Phi) is 7.61. The third-order valence-electron chi connectivity index (χ3n) is 5.12. The molecular weight excluding hydrogens is 472 g/mol. The molecule has 0 saturated heterocycles. The molecule has 1 heterocycles. The number of rotatable bonds is 9. The lowest BCUT2D eigenvalue weighted by Crippen LogP contribution is -2.28. The molecule has 3 aromatic rings. The van der Waals surface area contributed by atoms with Crippen LogP contribution in [-0.2, 0) is 10.0 Å². The molecule has 0 bridgehead atoms. The zero-order valence-electron chi connectivity index (χ0n) is 19.2. The van der Waals surface area contributed by atoms with Crippen LogP contribution in [0.4, 0.5) is 5.69 Å². The van der Waals surface area contributed by atoms with Crippen LogP contribution < -0.4 is 29.0 Å². The second-order valence-corrected chi connectivity index (χ2v) is 9.31. The minimum absolute atomic E-state index is 0.0345. The molecule has 4 rings (SSSR count). The van der Waals surface area contributed by atoms with Crippen molar-refractivity contribution >= 4 is 21.6 Å². The number of hydrogen-bond donors (Lipinski definition) is 2. The number of anilines is 1. The van der Waals surface area contributed by atoms with Crippen molar-refractivity contribution in [1.29, 1.82) is 0 Å².